The van der Waals surface area contributed by atoms with Gasteiger partial charge in [-0.1, -0.05) is 6.07 Å². The van der Waals surface area contributed by atoms with E-state index in [0.717, 1.165) is 25.3 Å². The van der Waals surface area contributed by atoms with Gasteiger partial charge in [0.15, 0.2) is 10.4 Å². The standard InChI is InChI=1S/C15H16BrN3O2/c16-14-5-4-13(21-14)15(20)19-9-7-18(8-10-19)11-12-3-1-2-6-17-12/h1-6H,7-11H2. The van der Waals surface area contributed by atoms with Gasteiger partial charge in [0.2, 0.25) is 0 Å². The fourth-order valence-electron chi connectivity index (χ4n) is 2.41. The van der Waals surface area contributed by atoms with E-state index < -0.39 is 0 Å². The fourth-order valence-corrected chi connectivity index (χ4v) is 2.72. The largest absolute Gasteiger partial charge is 0.444 e. The van der Waals surface area contributed by atoms with Crippen LogP contribution in [0.4, 0.5) is 0 Å². The molecule has 0 spiro atoms. The van der Waals surface area contributed by atoms with Gasteiger partial charge in [0.25, 0.3) is 5.91 Å². The molecule has 0 unspecified atom stereocenters. The molecule has 1 aliphatic rings. The average Bonchev–Trinajstić information content (AvgIpc) is 2.95. The van der Waals surface area contributed by atoms with E-state index in [9.17, 15) is 4.79 Å². The number of halogens is 1. The van der Waals surface area contributed by atoms with Crippen LogP contribution in [0.2, 0.25) is 0 Å². The van der Waals surface area contributed by atoms with Crippen molar-refractivity contribution in [1.29, 1.82) is 0 Å². The lowest BCUT2D eigenvalue weighted by Crippen LogP contribution is -2.48. The zero-order valence-corrected chi connectivity index (χ0v) is 13.1. The van der Waals surface area contributed by atoms with E-state index in [2.05, 4.69) is 25.8 Å². The third kappa shape index (κ3) is 3.51. The summed E-state index contributed by atoms with van der Waals surface area (Å²) < 4.78 is 5.91. The number of hydrogen-bond acceptors (Lipinski definition) is 4. The van der Waals surface area contributed by atoms with Crippen LogP contribution in [-0.4, -0.2) is 46.9 Å². The van der Waals surface area contributed by atoms with Crippen LogP contribution in [0.5, 0.6) is 0 Å². The molecule has 3 rings (SSSR count). The molecule has 5 nitrogen and oxygen atoms in total. The first-order valence-corrected chi connectivity index (χ1v) is 7.68. The summed E-state index contributed by atoms with van der Waals surface area (Å²) in [6.45, 7) is 3.96. The van der Waals surface area contributed by atoms with E-state index in [1.54, 1.807) is 12.1 Å². The van der Waals surface area contributed by atoms with E-state index in [1.807, 2.05) is 29.3 Å². The lowest BCUT2D eigenvalue weighted by Gasteiger charge is -2.34. The maximum absolute atomic E-state index is 12.3. The Kier molecular flexibility index (Phi) is 4.36. The number of amides is 1. The van der Waals surface area contributed by atoms with Gasteiger partial charge in [-0.3, -0.25) is 14.7 Å². The molecule has 6 heteroatoms. The smallest absolute Gasteiger partial charge is 0.289 e. The number of furan rings is 1. The molecule has 1 fully saturated rings. The van der Waals surface area contributed by atoms with Crippen molar-refractivity contribution in [2.24, 2.45) is 0 Å². The number of pyridine rings is 1. The first-order valence-electron chi connectivity index (χ1n) is 6.89. The van der Waals surface area contributed by atoms with Crippen LogP contribution in [0, 0.1) is 0 Å². The van der Waals surface area contributed by atoms with Crippen molar-refractivity contribution in [3.05, 3.63) is 52.7 Å². The van der Waals surface area contributed by atoms with E-state index in [0.29, 0.717) is 23.5 Å². The zero-order valence-electron chi connectivity index (χ0n) is 11.5. The Balaban J connectivity index is 1.54. The van der Waals surface area contributed by atoms with Crippen LogP contribution in [0.15, 0.2) is 45.6 Å². The summed E-state index contributed by atoms with van der Waals surface area (Å²) in [6.07, 6.45) is 1.81. The Labute approximate surface area is 131 Å². The SMILES string of the molecule is O=C(c1ccc(Br)o1)N1CCN(Cc2ccccn2)CC1. The van der Waals surface area contributed by atoms with E-state index in [-0.39, 0.29) is 5.91 Å². The molecule has 0 N–H and O–H groups in total. The lowest BCUT2D eigenvalue weighted by molar-refractivity contribution is 0.0595. The van der Waals surface area contributed by atoms with Crippen molar-refractivity contribution in [1.82, 2.24) is 14.8 Å². The van der Waals surface area contributed by atoms with Crippen LogP contribution in [0.1, 0.15) is 16.2 Å². The molecule has 3 heterocycles. The molecule has 0 aromatic carbocycles. The van der Waals surface area contributed by atoms with Gasteiger partial charge in [-0.2, -0.15) is 0 Å². The van der Waals surface area contributed by atoms with E-state index in [1.165, 1.54) is 0 Å². The van der Waals surface area contributed by atoms with Gasteiger partial charge in [0.1, 0.15) is 0 Å². The van der Waals surface area contributed by atoms with Crippen LogP contribution >= 0.6 is 15.9 Å². The average molecular weight is 350 g/mol. The summed E-state index contributed by atoms with van der Waals surface area (Å²) in [5.74, 6) is 0.346. The van der Waals surface area contributed by atoms with Gasteiger partial charge >= 0.3 is 0 Å². The highest BCUT2D eigenvalue weighted by Crippen LogP contribution is 2.17. The molecule has 2 aromatic heterocycles. The lowest BCUT2D eigenvalue weighted by atomic mass is 10.2. The predicted molar refractivity (Wildman–Crippen MR) is 81.8 cm³/mol. The summed E-state index contributed by atoms with van der Waals surface area (Å²) in [5.41, 5.74) is 1.06. The van der Waals surface area contributed by atoms with Crippen LogP contribution in [0.25, 0.3) is 0 Å². The second kappa shape index (κ2) is 6.41. The number of carbonyl (C=O) groups excluding carboxylic acids is 1. The number of piperazine rings is 1. The second-order valence-electron chi connectivity index (χ2n) is 4.99. The number of rotatable bonds is 3. The molecule has 0 aliphatic carbocycles. The highest BCUT2D eigenvalue weighted by atomic mass is 79.9. The molecule has 110 valence electrons. The predicted octanol–water partition coefficient (Wildman–Crippen LogP) is 2.40. The number of carbonyl (C=O) groups is 1. The molecule has 1 amide bonds. The number of aromatic nitrogens is 1. The quantitative estimate of drug-likeness (QED) is 0.853. The van der Waals surface area contributed by atoms with Gasteiger partial charge < -0.3 is 9.32 Å². The van der Waals surface area contributed by atoms with E-state index >= 15 is 0 Å². The molecular weight excluding hydrogens is 334 g/mol. The molecule has 1 aliphatic heterocycles. The highest BCUT2D eigenvalue weighted by Gasteiger charge is 2.24. The summed E-state index contributed by atoms with van der Waals surface area (Å²) in [4.78, 5) is 20.7. The normalized spacial score (nSPS) is 16.1. The van der Waals surface area contributed by atoms with Crippen molar-refractivity contribution in [3.63, 3.8) is 0 Å². The minimum Gasteiger partial charge on any atom is -0.444 e. The van der Waals surface area contributed by atoms with Crippen molar-refractivity contribution < 1.29 is 9.21 Å². The minimum absolute atomic E-state index is 0.0433. The Hall–Kier alpha value is -1.66. The molecule has 0 atom stereocenters. The first kappa shape index (κ1) is 14.3. The molecule has 2 aromatic rings. The number of hydrogen-bond donors (Lipinski definition) is 0. The Morgan fingerprint density at radius 3 is 2.62 bits per heavy atom. The van der Waals surface area contributed by atoms with Crippen molar-refractivity contribution in [2.75, 3.05) is 26.2 Å². The van der Waals surface area contributed by atoms with Gasteiger partial charge in [-0.05, 0) is 40.2 Å². The fraction of sp³-hybridized carbons (Fsp3) is 0.333. The molecule has 0 bridgehead atoms. The molecule has 1 saturated heterocycles. The van der Waals surface area contributed by atoms with Crippen molar-refractivity contribution in [2.45, 2.75) is 6.54 Å². The molecule has 0 saturated carbocycles. The maximum atomic E-state index is 12.3. The topological polar surface area (TPSA) is 49.6 Å². The van der Waals surface area contributed by atoms with Gasteiger partial charge in [0.05, 0.1) is 5.69 Å². The number of nitrogens with zero attached hydrogens (tertiary/aromatic N) is 3. The molecule has 0 radical (unpaired) electrons. The van der Waals surface area contributed by atoms with Crippen LogP contribution < -0.4 is 0 Å². The third-order valence-electron chi connectivity index (χ3n) is 3.56. The van der Waals surface area contributed by atoms with E-state index in [4.69, 9.17) is 4.42 Å². The Morgan fingerprint density at radius 1 is 1.19 bits per heavy atom. The van der Waals surface area contributed by atoms with Gasteiger partial charge in [-0.25, -0.2) is 0 Å². The Bertz CT molecular complexity index is 606. The maximum Gasteiger partial charge on any atom is 0.289 e. The van der Waals surface area contributed by atoms with Gasteiger partial charge in [-0.15, -0.1) is 0 Å². The first-order chi connectivity index (χ1) is 10.2. The monoisotopic (exact) mass is 349 g/mol. The highest BCUT2D eigenvalue weighted by molar-refractivity contribution is 9.10. The van der Waals surface area contributed by atoms with Gasteiger partial charge in [0, 0.05) is 38.9 Å². The summed E-state index contributed by atoms with van der Waals surface area (Å²) in [5, 5.41) is 0. The van der Waals surface area contributed by atoms with Crippen LogP contribution in [0.3, 0.4) is 0 Å². The summed E-state index contributed by atoms with van der Waals surface area (Å²) in [6, 6.07) is 9.38. The van der Waals surface area contributed by atoms with Crippen LogP contribution in [-0.2, 0) is 6.54 Å². The molecule has 21 heavy (non-hydrogen) atoms. The minimum atomic E-state index is -0.0433. The zero-order chi connectivity index (χ0) is 14.7. The van der Waals surface area contributed by atoms with Crippen molar-refractivity contribution >= 4 is 21.8 Å². The Morgan fingerprint density at radius 2 is 2.00 bits per heavy atom. The summed E-state index contributed by atoms with van der Waals surface area (Å²) >= 11 is 3.22. The van der Waals surface area contributed by atoms with Crippen molar-refractivity contribution in [3.8, 4) is 0 Å². The summed E-state index contributed by atoms with van der Waals surface area (Å²) in [7, 11) is 0. The molecular formula is C15H16BrN3O2. The third-order valence-corrected chi connectivity index (χ3v) is 3.98. The second-order valence-corrected chi connectivity index (χ2v) is 5.77.